The Kier molecular flexibility index (Phi) is 4.65. The van der Waals surface area contributed by atoms with Gasteiger partial charge in [-0.15, -0.1) is 0 Å². The molecule has 28 heavy (non-hydrogen) atoms. The maximum atomic E-state index is 12.9. The van der Waals surface area contributed by atoms with Gasteiger partial charge in [-0.05, 0) is 23.1 Å². The minimum absolute atomic E-state index is 0.0698. The third kappa shape index (κ3) is 3.16. The fraction of sp³-hybridized carbons (Fsp3) is 0.174. The quantitative estimate of drug-likeness (QED) is 0.644. The van der Waals surface area contributed by atoms with Crippen LogP contribution in [0.1, 0.15) is 32.7 Å². The minimum atomic E-state index is -0.340. The maximum Gasteiger partial charge on any atom is 0.261 e. The van der Waals surface area contributed by atoms with Crippen molar-refractivity contribution in [3.63, 3.8) is 0 Å². The lowest BCUT2D eigenvalue weighted by molar-refractivity contribution is -0.130. The Balaban J connectivity index is 1.49. The zero-order chi connectivity index (χ0) is 19.7. The van der Waals surface area contributed by atoms with E-state index in [4.69, 9.17) is 0 Å². The third-order valence-electron chi connectivity index (χ3n) is 5.09. The Labute approximate surface area is 163 Å². The molecule has 3 amide bonds. The van der Waals surface area contributed by atoms with Crippen LogP contribution in [0.5, 0.6) is 0 Å². The van der Waals surface area contributed by atoms with Crippen LogP contribution >= 0.6 is 0 Å². The fourth-order valence-corrected chi connectivity index (χ4v) is 3.63. The molecular weight excluding hydrogens is 352 g/mol. The second-order valence-electron chi connectivity index (χ2n) is 6.96. The summed E-state index contributed by atoms with van der Waals surface area (Å²) < 4.78 is 0. The molecule has 0 aromatic heterocycles. The third-order valence-corrected chi connectivity index (χ3v) is 5.09. The molecule has 0 atom stereocenters. The van der Waals surface area contributed by atoms with Crippen molar-refractivity contribution in [3.05, 3.63) is 83.4 Å². The molecule has 0 N–H and O–H groups in total. The Bertz CT molecular complexity index is 1020. The minimum Gasteiger partial charge on any atom is -0.341 e. The summed E-state index contributed by atoms with van der Waals surface area (Å²) in [5, 5.41) is 1.57. The van der Waals surface area contributed by atoms with Crippen LogP contribution < -0.4 is 0 Å². The average molecular weight is 372 g/mol. The van der Waals surface area contributed by atoms with Crippen molar-refractivity contribution < 1.29 is 14.4 Å². The van der Waals surface area contributed by atoms with Gasteiger partial charge in [-0.1, -0.05) is 54.6 Å². The summed E-state index contributed by atoms with van der Waals surface area (Å²) in [4.78, 5) is 41.1. The van der Waals surface area contributed by atoms with Crippen molar-refractivity contribution >= 4 is 28.5 Å². The van der Waals surface area contributed by atoms with Gasteiger partial charge in [-0.25, -0.2) is 0 Å². The second kappa shape index (κ2) is 7.27. The summed E-state index contributed by atoms with van der Waals surface area (Å²) in [7, 11) is 1.73. The number of amides is 3. The van der Waals surface area contributed by atoms with Crippen LogP contribution in [0.25, 0.3) is 10.8 Å². The van der Waals surface area contributed by atoms with Crippen molar-refractivity contribution in [1.29, 1.82) is 0 Å². The maximum absolute atomic E-state index is 12.9. The first-order valence-corrected chi connectivity index (χ1v) is 9.22. The van der Waals surface area contributed by atoms with Crippen molar-refractivity contribution in [3.8, 4) is 0 Å². The van der Waals surface area contributed by atoms with Gasteiger partial charge in [0.2, 0.25) is 5.91 Å². The van der Waals surface area contributed by atoms with Crippen molar-refractivity contribution in [1.82, 2.24) is 9.80 Å². The van der Waals surface area contributed by atoms with Gasteiger partial charge in [-0.3, -0.25) is 19.3 Å². The largest absolute Gasteiger partial charge is 0.341 e. The lowest BCUT2D eigenvalue weighted by Crippen LogP contribution is -2.42. The summed E-state index contributed by atoms with van der Waals surface area (Å²) >= 11 is 0. The molecule has 140 valence electrons. The summed E-state index contributed by atoms with van der Waals surface area (Å²) in [5.74, 6) is -0.790. The average Bonchev–Trinajstić information content (AvgIpc) is 2.72. The predicted molar refractivity (Wildman–Crippen MR) is 107 cm³/mol. The molecule has 0 saturated heterocycles. The Morgan fingerprint density at radius 2 is 1.46 bits per heavy atom. The van der Waals surface area contributed by atoms with Gasteiger partial charge in [-0.2, -0.15) is 0 Å². The number of imide groups is 1. The summed E-state index contributed by atoms with van der Waals surface area (Å²) in [5.41, 5.74) is 2.06. The topological polar surface area (TPSA) is 57.7 Å². The van der Waals surface area contributed by atoms with Crippen molar-refractivity contribution in [2.45, 2.75) is 13.0 Å². The highest BCUT2D eigenvalue weighted by Crippen LogP contribution is 2.30. The highest BCUT2D eigenvalue weighted by Gasteiger charge is 2.32. The smallest absolute Gasteiger partial charge is 0.261 e. The molecule has 0 saturated carbocycles. The number of rotatable bonds is 5. The first-order chi connectivity index (χ1) is 13.6. The molecule has 0 spiro atoms. The predicted octanol–water partition coefficient (Wildman–Crippen LogP) is 3.48. The summed E-state index contributed by atoms with van der Waals surface area (Å²) in [6, 6.07) is 20.6. The Morgan fingerprint density at radius 3 is 2.07 bits per heavy atom. The normalized spacial score (nSPS) is 13.1. The molecule has 5 nitrogen and oxygen atoms in total. The Hall–Kier alpha value is -3.47. The molecule has 0 fully saturated rings. The lowest BCUT2D eigenvalue weighted by atomic mass is 9.94. The van der Waals surface area contributed by atoms with E-state index >= 15 is 0 Å². The van der Waals surface area contributed by atoms with Gasteiger partial charge in [0.25, 0.3) is 11.8 Å². The molecule has 0 aliphatic carbocycles. The van der Waals surface area contributed by atoms with E-state index in [9.17, 15) is 14.4 Å². The van der Waals surface area contributed by atoms with Crippen LogP contribution in [0.4, 0.5) is 0 Å². The molecule has 0 bridgehead atoms. The highest BCUT2D eigenvalue weighted by molar-refractivity contribution is 6.25. The van der Waals surface area contributed by atoms with Crippen LogP contribution in [0.15, 0.2) is 66.7 Å². The molecule has 1 heterocycles. The lowest BCUT2D eigenvalue weighted by Gasteiger charge is -2.27. The van der Waals surface area contributed by atoms with E-state index in [1.165, 1.54) is 4.90 Å². The van der Waals surface area contributed by atoms with Crippen molar-refractivity contribution in [2.75, 3.05) is 13.6 Å². The number of hydrogen-bond donors (Lipinski definition) is 0. The zero-order valence-electron chi connectivity index (χ0n) is 15.6. The number of carbonyl (C=O) groups excluding carboxylic acids is 3. The van der Waals surface area contributed by atoms with Crippen LogP contribution in [-0.2, 0) is 11.3 Å². The molecule has 1 aliphatic rings. The SMILES string of the molecule is CN(Cc1ccccc1)C(=O)CCN1C(=O)c2cccc3cccc(c23)C1=O. The van der Waals surface area contributed by atoms with Gasteiger partial charge >= 0.3 is 0 Å². The molecule has 3 aromatic carbocycles. The fourth-order valence-electron chi connectivity index (χ4n) is 3.63. The van der Waals surface area contributed by atoms with Crippen molar-refractivity contribution in [2.24, 2.45) is 0 Å². The van der Waals surface area contributed by atoms with E-state index in [1.54, 1.807) is 24.1 Å². The molecule has 4 rings (SSSR count). The summed E-state index contributed by atoms with van der Waals surface area (Å²) in [6.45, 7) is 0.560. The van der Waals surface area contributed by atoms with E-state index < -0.39 is 0 Å². The Morgan fingerprint density at radius 1 is 0.857 bits per heavy atom. The van der Waals surface area contributed by atoms with E-state index in [0.717, 1.165) is 10.9 Å². The van der Waals surface area contributed by atoms with Gasteiger partial charge < -0.3 is 4.90 Å². The number of nitrogens with zero attached hydrogens (tertiary/aromatic N) is 2. The highest BCUT2D eigenvalue weighted by atomic mass is 16.2. The first-order valence-electron chi connectivity index (χ1n) is 9.22. The van der Waals surface area contributed by atoms with Crippen LogP contribution in [0, 0.1) is 0 Å². The van der Waals surface area contributed by atoms with Crippen LogP contribution in [-0.4, -0.2) is 41.1 Å². The molecule has 0 radical (unpaired) electrons. The first kappa shape index (κ1) is 17.9. The van der Waals surface area contributed by atoms with E-state index in [0.29, 0.717) is 23.1 Å². The molecule has 5 heteroatoms. The number of benzene rings is 3. The van der Waals surface area contributed by atoms with Gasteiger partial charge in [0.15, 0.2) is 0 Å². The number of carbonyl (C=O) groups is 3. The standard InChI is InChI=1S/C23H20N2O3/c1-24(15-16-7-3-2-4-8-16)20(26)13-14-25-22(27)18-11-5-9-17-10-6-12-19(21(17)18)23(25)28/h2-12H,13-15H2,1H3. The van der Waals surface area contributed by atoms with E-state index in [2.05, 4.69) is 0 Å². The van der Waals surface area contributed by atoms with Crippen LogP contribution in [0.2, 0.25) is 0 Å². The molecule has 3 aromatic rings. The second-order valence-corrected chi connectivity index (χ2v) is 6.96. The van der Waals surface area contributed by atoms with E-state index in [-0.39, 0.29) is 30.7 Å². The summed E-state index contributed by atoms with van der Waals surface area (Å²) in [6.07, 6.45) is 0.0962. The monoisotopic (exact) mass is 372 g/mol. The van der Waals surface area contributed by atoms with Gasteiger partial charge in [0.1, 0.15) is 0 Å². The molecule has 0 unspecified atom stereocenters. The van der Waals surface area contributed by atoms with Gasteiger partial charge in [0, 0.05) is 43.1 Å². The molecule has 1 aliphatic heterocycles. The van der Waals surface area contributed by atoms with Crippen LogP contribution in [0.3, 0.4) is 0 Å². The molecular formula is C23H20N2O3. The number of hydrogen-bond acceptors (Lipinski definition) is 3. The van der Waals surface area contributed by atoms with Gasteiger partial charge in [0.05, 0.1) is 0 Å². The van der Waals surface area contributed by atoms with E-state index in [1.807, 2.05) is 54.6 Å². The zero-order valence-corrected chi connectivity index (χ0v) is 15.6.